The smallest absolute Gasteiger partial charge is 0.147 e. The van der Waals surface area contributed by atoms with Crippen molar-refractivity contribution in [2.75, 3.05) is 6.54 Å². The molecule has 1 aliphatic carbocycles. The Bertz CT molecular complexity index is 638. The fraction of sp³-hybridized carbons (Fsp3) is 0.438. The molecule has 0 aliphatic heterocycles. The zero-order valence-electron chi connectivity index (χ0n) is 12.4. The van der Waals surface area contributed by atoms with Gasteiger partial charge in [0.25, 0.3) is 0 Å². The first-order valence-corrected chi connectivity index (χ1v) is 7.72. The molecule has 2 aromatic rings. The van der Waals surface area contributed by atoms with E-state index in [1.807, 2.05) is 17.7 Å². The van der Waals surface area contributed by atoms with Crippen molar-refractivity contribution in [3.8, 4) is 5.75 Å². The SMILES string of the molecule is CCNC1CCc2c(OCc3ncc(Cl)n3C)cccc21. The summed E-state index contributed by atoms with van der Waals surface area (Å²) < 4.78 is 7.83. The van der Waals surface area contributed by atoms with Crippen LogP contribution in [0, 0.1) is 0 Å². The second-order valence-electron chi connectivity index (χ2n) is 5.32. The molecular formula is C16H20ClN3O. The van der Waals surface area contributed by atoms with Gasteiger partial charge in [-0.3, -0.25) is 0 Å². The van der Waals surface area contributed by atoms with E-state index in [1.165, 1.54) is 11.1 Å². The molecule has 21 heavy (non-hydrogen) atoms. The summed E-state index contributed by atoms with van der Waals surface area (Å²) in [5.74, 6) is 1.80. The van der Waals surface area contributed by atoms with Crippen LogP contribution in [0.2, 0.25) is 5.15 Å². The number of ether oxygens (including phenoxy) is 1. The Morgan fingerprint density at radius 2 is 2.33 bits per heavy atom. The summed E-state index contributed by atoms with van der Waals surface area (Å²) in [6, 6.07) is 6.75. The normalized spacial score (nSPS) is 17.0. The maximum atomic E-state index is 6.00. The average Bonchev–Trinajstić information content (AvgIpc) is 3.04. The standard InChI is InChI=1S/C16H20ClN3O/c1-3-18-13-8-7-12-11(13)5-4-6-14(12)21-10-16-19-9-15(17)20(16)2/h4-6,9,13,18H,3,7-8,10H2,1-2H3. The van der Waals surface area contributed by atoms with E-state index >= 15 is 0 Å². The van der Waals surface area contributed by atoms with Gasteiger partial charge in [0, 0.05) is 13.1 Å². The van der Waals surface area contributed by atoms with Crippen LogP contribution in [0.15, 0.2) is 24.4 Å². The van der Waals surface area contributed by atoms with Gasteiger partial charge in [-0.1, -0.05) is 30.7 Å². The predicted octanol–water partition coefficient (Wildman–Crippen LogP) is 3.25. The van der Waals surface area contributed by atoms with Crippen LogP contribution in [-0.4, -0.2) is 16.1 Å². The van der Waals surface area contributed by atoms with E-state index in [4.69, 9.17) is 16.3 Å². The Morgan fingerprint density at radius 1 is 1.48 bits per heavy atom. The highest BCUT2D eigenvalue weighted by atomic mass is 35.5. The van der Waals surface area contributed by atoms with Gasteiger partial charge in [0.1, 0.15) is 23.3 Å². The molecule has 1 aromatic heterocycles. The minimum Gasteiger partial charge on any atom is -0.485 e. The van der Waals surface area contributed by atoms with Gasteiger partial charge in [0.2, 0.25) is 0 Å². The molecule has 5 heteroatoms. The lowest BCUT2D eigenvalue weighted by atomic mass is 10.1. The Balaban J connectivity index is 1.77. The molecule has 0 saturated heterocycles. The lowest BCUT2D eigenvalue weighted by Crippen LogP contribution is -2.18. The van der Waals surface area contributed by atoms with Crippen LogP contribution in [0.3, 0.4) is 0 Å². The lowest BCUT2D eigenvalue weighted by Gasteiger charge is -2.14. The van der Waals surface area contributed by atoms with E-state index in [2.05, 4.69) is 29.4 Å². The quantitative estimate of drug-likeness (QED) is 0.921. The molecule has 4 nitrogen and oxygen atoms in total. The fourth-order valence-corrected chi connectivity index (χ4v) is 3.06. The largest absolute Gasteiger partial charge is 0.485 e. The van der Waals surface area contributed by atoms with Gasteiger partial charge in [-0.15, -0.1) is 0 Å². The maximum Gasteiger partial charge on any atom is 0.147 e. The molecular weight excluding hydrogens is 286 g/mol. The minimum absolute atomic E-state index is 0.436. The van der Waals surface area contributed by atoms with Crippen LogP contribution in [0.5, 0.6) is 5.75 Å². The second-order valence-corrected chi connectivity index (χ2v) is 5.70. The van der Waals surface area contributed by atoms with Gasteiger partial charge in [0.05, 0.1) is 6.20 Å². The molecule has 0 radical (unpaired) electrons. The first-order chi connectivity index (χ1) is 10.2. The number of fused-ring (bicyclic) bond motifs is 1. The van der Waals surface area contributed by atoms with Crippen LogP contribution >= 0.6 is 11.6 Å². The summed E-state index contributed by atoms with van der Waals surface area (Å²) in [6.07, 6.45) is 3.85. The zero-order chi connectivity index (χ0) is 14.8. The first kappa shape index (κ1) is 14.4. The van der Waals surface area contributed by atoms with E-state index in [1.54, 1.807) is 6.20 Å². The number of halogens is 1. The Kier molecular flexibility index (Phi) is 4.17. The van der Waals surface area contributed by atoms with Crippen molar-refractivity contribution in [2.24, 2.45) is 7.05 Å². The number of nitrogens with one attached hydrogen (secondary N) is 1. The summed E-state index contributed by atoms with van der Waals surface area (Å²) in [5, 5.41) is 4.15. The maximum absolute atomic E-state index is 6.00. The van der Waals surface area contributed by atoms with Crippen LogP contribution in [-0.2, 0) is 20.1 Å². The molecule has 1 N–H and O–H groups in total. The molecule has 1 unspecified atom stereocenters. The van der Waals surface area contributed by atoms with Crippen molar-refractivity contribution in [2.45, 2.75) is 32.4 Å². The van der Waals surface area contributed by atoms with Gasteiger partial charge < -0.3 is 14.6 Å². The predicted molar refractivity (Wildman–Crippen MR) is 83.7 cm³/mol. The van der Waals surface area contributed by atoms with Crippen LogP contribution in [0.25, 0.3) is 0 Å². The van der Waals surface area contributed by atoms with Crippen LogP contribution in [0.1, 0.15) is 36.3 Å². The van der Waals surface area contributed by atoms with Crippen molar-refractivity contribution < 1.29 is 4.74 Å². The Hall–Kier alpha value is -1.52. The highest BCUT2D eigenvalue weighted by Crippen LogP contribution is 2.37. The van der Waals surface area contributed by atoms with E-state index in [9.17, 15) is 0 Å². The summed E-state index contributed by atoms with van der Waals surface area (Å²) in [5.41, 5.74) is 2.69. The van der Waals surface area contributed by atoms with Gasteiger partial charge in [-0.2, -0.15) is 0 Å². The number of nitrogens with zero attached hydrogens (tertiary/aromatic N) is 2. The molecule has 0 amide bonds. The molecule has 1 aliphatic rings. The van der Waals surface area contributed by atoms with Crippen molar-refractivity contribution in [3.63, 3.8) is 0 Å². The molecule has 0 fully saturated rings. The number of hydrogen-bond acceptors (Lipinski definition) is 3. The van der Waals surface area contributed by atoms with Crippen molar-refractivity contribution >= 4 is 11.6 Å². The van der Waals surface area contributed by atoms with Gasteiger partial charge in [-0.05, 0) is 36.6 Å². The zero-order valence-corrected chi connectivity index (χ0v) is 13.2. The number of imidazole rings is 1. The molecule has 1 atom stereocenters. The third-order valence-electron chi connectivity index (χ3n) is 4.06. The molecule has 0 saturated carbocycles. The topological polar surface area (TPSA) is 39.1 Å². The van der Waals surface area contributed by atoms with Gasteiger partial charge in [0.15, 0.2) is 0 Å². The third kappa shape index (κ3) is 2.78. The summed E-state index contributed by atoms with van der Waals surface area (Å²) in [7, 11) is 1.89. The monoisotopic (exact) mass is 305 g/mol. The lowest BCUT2D eigenvalue weighted by molar-refractivity contribution is 0.289. The summed E-state index contributed by atoms with van der Waals surface area (Å²) >= 11 is 6.00. The highest BCUT2D eigenvalue weighted by Gasteiger charge is 2.24. The number of benzene rings is 1. The summed E-state index contributed by atoms with van der Waals surface area (Å²) in [4.78, 5) is 4.26. The Morgan fingerprint density at radius 3 is 3.05 bits per heavy atom. The molecule has 112 valence electrons. The number of hydrogen-bond donors (Lipinski definition) is 1. The second kappa shape index (κ2) is 6.08. The van der Waals surface area contributed by atoms with Crippen LogP contribution < -0.4 is 10.1 Å². The van der Waals surface area contributed by atoms with E-state index < -0.39 is 0 Å². The highest BCUT2D eigenvalue weighted by molar-refractivity contribution is 6.29. The van der Waals surface area contributed by atoms with Crippen molar-refractivity contribution in [3.05, 3.63) is 46.5 Å². The van der Waals surface area contributed by atoms with Crippen molar-refractivity contribution in [1.29, 1.82) is 0 Å². The Labute approximate surface area is 130 Å². The fourth-order valence-electron chi connectivity index (χ4n) is 2.92. The van der Waals surface area contributed by atoms with E-state index in [0.717, 1.165) is 31.0 Å². The van der Waals surface area contributed by atoms with Crippen LogP contribution in [0.4, 0.5) is 0 Å². The van der Waals surface area contributed by atoms with E-state index in [-0.39, 0.29) is 0 Å². The molecule has 1 aromatic carbocycles. The average molecular weight is 306 g/mol. The van der Waals surface area contributed by atoms with E-state index in [0.29, 0.717) is 17.8 Å². The number of aromatic nitrogens is 2. The van der Waals surface area contributed by atoms with Crippen molar-refractivity contribution in [1.82, 2.24) is 14.9 Å². The third-order valence-corrected chi connectivity index (χ3v) is 4.41. The summed E-state index contributed by atoms with van der Waals surface area (Å²) in [6.45, 7) is 3.57. The number of rotatable bonds is 5. The van der Waals surface area contributed by atoms with Gasteiger partial charge in [-0.25, -0.2) is 4.98 Å². The molecule has 3 rings (SSSR count). The first-order valence-electron chi connectivity index (χ1n) is 7.34. The van der Waals surface area contributed by atoms with Gasteiger partial charge >= 0.3 is 0 Å². The minimum atomic E-state index is 0.436. The molecule has 0 spiro atoms. The molecule has 0 bridgehead atoms. The molecule has 1 heterocycles.